The highest BCUT2D eigenvalue weighted by Crippen LogP contribution is 2.21. The van der Waals surface area contributed by atoms with Gasteiger partial charge in [0.25, 0.3) is 5.91 Å². The average Bonchev–Trinajstić information content (AvgIpc) is 2.77. The highest BCUT2D eigenvalue weighted by atomic mass is 16.5. The minimum Gasteiger partial charge on any atom is -0.452 e. The van der Waals surface area contributed by atoms with Gasteiger partial charge >= 0.3 is 5.97 Å². The highest BCUT2D eigenvalue weighted by Gasteiger charge is 2.18. The summed E-state index contributed by atoms with van der Waals surface area (Å²) < 4.78 is 5.15. The van der Waals surface area contributed by atoms with E-state index in [2.05, 4.69) is 10.6 Å². The molecule has 0 spiro atoms. The molecule has 0 heterocycles. The average molecular weight is 402 g/mol. The fourth-order valence-corrected chi connectivity index (χ4v) is 2.96. The number of rotatable bonds is 7. The molecule has 0 saturated carbocycles. The molecule has 2 amide bonds. The number of ether oxygens (including phenoxy) is 1. The van der Waals surface area contributed by atoms with Gasteiger partial charge < -0.3 is 15.4 Å². The molecule has 2 N–H and O–H groups in total. The summed E-state index contributed by atoms with van der Waals surface area (Å²) in [5.74, 6) is -1.22. The van der Waals surface area contributed by atoms with Gasteiger partial charge in [-0.05, 0) is 35.4 Å². The number of carbonyl (C=O) groups is 3. The van der Waals surface area contributed by atoms with Gasteiger partial charge in [-0.25, -0.2) is 4.79 Å². The summed E-state index contributed by atoms with van der Waals surface area (Å²) in [6.45, 7) is 1.00. The van der Waals surface area contributed by atoms with Crippen molar-refractivity contribution in [3.8, 4) is 0 Å². The molecule has 0 aliphatic heterocycles. The van der Waals surface area contributed by atoms with Gasteiger partial charge in [-0.2, -0.15) is 0 Å². The lowest BCUT2D eigenvalue weighted by atomic mass is 9.99. The molecule has 0 saturated heterocycles. The largest absolute Gasteiger partial charge is 0.452 e. The van der Waals surface area contributed by atoms with Crippen LogP contribution < -0.4 is 10.6 Å². The molecular formula is C24H22N2O4. The van der Waals surface area contributed by atoms with Gasteiger partial charge in [-0.3, -0.25) is 9.59 Å². The van der Waals surface area contributed by atoms with Gasteiger partial charge in [0.05, 0.1) is 11.6 Å². The zero-order chi connectivity index (χ0) is 21.3. The molecule has 152 valence electrons. The summed E-state index contributed by atoms with van der Waals surface area (Å²) in [7, 11) is 0. The first-order valence-electron chi connectivity index (χ1n) is 9.47. The Labute approximate surface area is 174 Å². The fourth-order valence-electron chi connectivity index (χ4n) is 2.96. The Kier molecular flexibility index (Phi) is 6.95. The van der Waals surface area contributed by atoms with Crippen molar-refractivity contribution in [1.82, 2.24) is 5.32 Å². The third kappa shape index (κ3) is 5.78. The van der Waals surface area contributed by atoms with Crippen LogP contribution in [0.15, 0.2) is 84.9 Å². The monoisotopic (exact) mass is 402 g/mol. The van der Waals surface area contributed by atoms with E-state index in [0.717, 1.165) is 11.1 Å². The summed E-state index contributed by atoms with van der Waals surface area (Å²) in [6.07, 6.45) is 0. The van der Waals surface area contributed by atoms with E-state index < -0.39 is 18.5 Å². The molecule has 6 heteroatoms. The smallest absolute Gasteiger partial charge is 0.338 e. The minimum absolute atomic E-state index is 0.201. The Morgan fingerprint density at radius 1 is 0.800 bits per heavy atom. The van der Waals surface area contributed by atoms with E-state index in [1.54, 1.807) is 12.1 Å². The van der Waals surface area contributed by atoms with E-state index in [9.17, 15) is 14.4 Å². The van der Waals surface area contributed by atoms with Gasteiger partial charge in [-0.1, -0.05) is 60.7 Å². The van der Waals surface area contributed by atoms with Gasteiger partial charge in [0.2, 0.25) is 5.91 Å². The van der Waals surface area contributed by atoms with Crippen LogP contribution in [0, 0.1) is 0 Å². The molecule has 0 aliphatic carbocycles. The second-order valence-electron chi connectivity index (χ2n) is 6.66. The predicted octanol–water partition coefficient (Wildman–Crippen LogP) is 3.71. The Balaban J connectivity index is 1.62. The van der Waals surface area contributed by atoms with Crippen molar-refractivity contribution in [2.24, 2.45) is 0 Å². The molecule has 3 rings (SSSR count). The van der Waals surface area contributed by atoms with Crippen LogP contribution in [0.4, 0.5) is 5.69 Å². The molecule has 0 bridgehead atoms. The van der Waals surface area contributed by atoms with Crippen molar-refractivity contribution in [2.75, 3.05) is 11.9 Å². The normalized spacial score (nSPS) is 10.3. The fraction of sp³-hybridized carbons (Fsp3) is 0.125. The molecule has 0 fully saturated rings. The molecule has 6 nitrogen and oxygen atoms in total. The van der Waals surface area contributed by atoms with Crippen LogP contribution in [0.25, 0.3) is 0 Å². The highest BCUT2D eigenvalue weighted by molar-refractivity contribution is 5.93. The van der Waals surface area contributed by atoms with Gasteiger partial charge in [0, 0.05) is 12.6 Å². The van der Waals surface area contributed by atoms with Crippen LogP contribution in [0.2, 0.25) is 0 Å². The maximum Gasteiger partial charge on any atom is 0.338 e. The Morgan fingerprint density at radius 3 is 1.83 bits per heavy atom. The van der Waals surface area contributed by atoms with Gasteiger partial charge in [0.1, 0.15) is 0 Å². The Morgan fingerprint density at radius 2 is 1.33 bits per heavy atom. The molecule has 0 radical (unpaired) electrons. The van der Waals surface area contributed by atoms with Crippen LogP contribution in [0.3, 0.4) is 0 Å². The van der Waals surface area contributed by atoms with E-state index in [0.29, 0.717) is 11.3 Å². The number of carbonyl (C=O) groups excluding carboxylic acids is 3. The molecule has 30 heavy (non-hydrogen) atoms. The third-order valence-electron chi connectivity index (χ3n) is 4.35. The number of nitrogens with one attached hydrogen (secondary N) is 2. The maximum absolute atomic E-state index is 12.5. The number of benzene rings is 3. The topological polar surface area (TPSA) is 84.5 Å². The quantitative estimate of drug-likeness (QED) is 0.590. The van der Waals surface area contributed by atoms with Crippen LogP contribution in [0.1, 0.15) is 34.5 Å². The number of esters is 1. The minimum atomic E-state index is -0.615. The number of anilines is 1. The lowest BCUT2D eigenvalue weighted by Crippen LogP contribution is -2.33. The summed E-state index contributed by atoms with van der Waals surface area (Å²) in [5.41, 5.74) is 2.72. The summed E-state index contributed by atoms with van der Waals surface area (Å²) >= 11 is 0. The Hall–Kier alpha value is -3.93. The standard InChI is InChI=1S/C24H22N2O4/c1-17(27)25-21-14-12-20(13-15-21)24(29)30-16-22(28)26-23(18-8-4-2-5-9-18)19-10-6-3-7-11-19/h2-15,23H,16H2,1H3,(H,25,27)(H,26,28). The molecule has 0 unspecified atom stereocenters. The van der Waals surface area contributed by atoms with E-state index in [1.807, 2.05) is 60.7 Å². The molecule has 0 aliphatic rings. The van der Waals surface area contributed by atoms with Crippen molar-refractivity contribution in [2.45, 2.75) is 13.0 Å². The maximum atomic E-state index is 12.5. The molecule has 3 aromatic rings. The van der Waals surface area contributed by atoms with E-state index in [-0.39, 0.29) is 11.9 Å². The lowest BCUT2D eigenvalue weighted by Gasteiger charge is -2.20. The van der Waals surface area contributed by atoms with Crippen molar-refractivity contribution in [3.63, 3.8) is 0 Å². The molecule has 0 atom stereocenters. The first-order valence-corrected chi connectivity index (χ1v) is 9.47. The summed E-state index contributed by atoms with van der Waals surface area (Å²) in [4.78, 5) is 35.7. The second kappa shape index (κ2) is 10.0. The van der Waals surface area contributed by atoms with Crippen molar-refractivity contribution >= 4 is 23.5 Å². The van der Waals surface area contributed by atoms with E-state index >= 15 is 0 Å². The zero-order valence-electron chi connectivity index (χ0n) is 16.5. The van der Waals surface area contributed by atoms with Crippen molar-refractivity contribution < 1.29 is 19.1 Å². The molecular weight excluding hydrogens is 380 g/mol. The van der Waals surface area contributed by atoms with Crippen LogP contribution >= 0.6 is 0 Å². The van der Waals surface area contributed by atoms with Gasteiger partial charge in [0.15, 0.2) is 6.61 Å². The summed E-state index contributed by atoms with van der Waals surface area (Å²) in [5, 5.41) is 5.54. The lowest BCUT2D eigenvalue weighted by molar-refractivity contribution is -0.124. The Bertz CT molecular complexity index is 963. The predicted molar refractivity (Wildman–Crippen MR) is 114 cm³/mol. The first-order chi connectivity index (χ1) is 14.5. The molecule has 3 aromatic carbocycles. The van der Waals surface area contributed by atoms with E-state index in [4.69, 9.17) is 4.74 Å². The third-order valence-corrected chi connectivity index (χ3v) is 4.35. The van der Waals surface area contributed by atoms with Crippen LogP contribution in [-0.4, -0.2) is 24.4 Å². The van der Waals surface area contributed by atoms with Crippen molar-refractivity contribution in [1.29, 1.82) is 0 Å². The second-order valence-corrected chi connectivity index (χ2v) is 6.66. The van der Waals surface area contributed by atoms with Crippen molar-refractivity contribution in [3.05, 3.63) is 102 Å². The van der Waals surface area contributed by atoms with Crippen LogP contribution in [-0.2, 0) is 14.3 Å². The number of amides is 2. The van der Waals surface area contributed by atoms with Gasteiger partial charge in [-0.15, -0.1) is 0 Å². The van der Waals surface area contributed by atoms with Crippen LogP contribution in [0.5, 0.6) is 0 Å². The SMILES string of the molecule is CC(=O)Nc1ccc(C(=O)OCC(=O)NC(c2ccccc2)c2ccccc2)cc1. The van der Waals surface area contributed by atoms with E-state index in [1.165, 1.54) is 19.1 Å². The first kappa shape index (κ1) is 20.8. The number of hydrogen-bond acceptors (Lipinski definition) is 4. The zero-order valence-corrected chi connectivity index (χ0v) is 16.5. The molecule has 0 aromatic heterocycles. The number of hydrogen-bond donors (Lipinski definition) is 2. The summed E-state index contributed by atoms with van der Waals surface area (Å²) in [6, 6.07) is 25.1.